The number of ether oxygens (including phenoxy) is 1. The molecule has 172 valence electrons. The number of carbonyl (C=O) groups excluding carboxylic acids is 2. The Kier molecular flexibility index (Phi) is 7.40. The number of aromatic nitrogens is 1. The Morgan fingerprint density at radius 3 is 2.28 bits per heavy atom. The molecule has 32 heavy (non-hydrogen) atoms. The van der Waals surface area contributed by atoms with Crippen LogP contribution in [0.25, 0.3) is 0 Å². The molecule has 0 radical (unpaired) electrons. The van der Waals surface area contributed by atoms with E-state index < -0.39 is 0 Å². The molecule has 4 rings (SSSR count). The molecular weight excluding hydrogens is 426 g/mol. The summed E-state index contributed by atoms with van der Waals surface area (Å²) in [4.78, 5) is 30.3. The molecule has 1 heterocycles. The lowest BCUT2D eigenvalue weighted by molar-refractivity contribution is -0.145. The molecule has 0 saturated heterocycles. The minimum atomic E-state index is -0.130. The van der Waals surface area contributed by atoms with Crippen molar-refractivity contribution in [3.05, 3.63) is 53.3 Å². The second-order valence-electron chi connectivity index (χ2n) is 8.92. The van der Waals surface area contributed by atoms with Gasteiger partial charge in [-0.1, -0.05) is 30.9 Å². The van der Waals surface area contributed by atoms with Gasteiger partial charge in [0.05, 0.1) is 6.54 Å². The van der Waals surface area contributed by atoms with Gasteiger partial charge in [-0.2, -0.15) is 0 Å². The van der Waals surface area contributed by atoms with Crippen molar-refractivity contribution in [2.24, 2.45) is 7.05 Å². The van der Waals surface area contributed by atoms with E-state index in [2.05, 4.69) is 0 Å². The SMILES string of the molecule is Cn1cccc1CN(C(=O)CN(C(=O)COc1ccc(Cl)cc1)C1CCCCC1)C1CC1. The van der Waals surface area contributed by atoms with Crippen LogP contribution in [0.1, 0.15) is 50.6 Å². The number of carbonyl (C=O) groups is 2. The molecule has 1 aromatic heterocycles. The summed E-state index contributed by atoms with van der Waals surface area (Å²) in [7, 11) is 2.00. The van der Waals surface area contributed by atoms with Gasteiger partial charge in [0.15, 0.2) is 6.61 Å². The zero-order valence-corrected chi connectivity index (χ0v) is 19.5. The number of amides is 2. The third-order valence-corrected chi connectivity index (χ3v) is 6.76. The standard InChI is InChI=1S/C25H32ClN3O3/c1-27-15-5-8-22(27)16-28(21-11-12-21)24(30)17-29(20-6-3-2-4-7-20)25(31)18-32-23-13-9-19(26)10-14-23/h5,8-10,13-15,20-21H,2-4,6-7,11-12,16-18H2,1H3. The van der Waals surface area contributed by atoms with Gasteiger partial charge < -0.3 is 19.1 Å². The van der Waals surface area contributed by atoms with E-state index in [-0.39, 0.29) is 37.0 Å². The van der Waals surface area contributed by atoms with Crippen LogP contribution in [-0.4, -0.2) is 51.4 Å². The summed E-state index contributed by atoms with van der Waals surface area (Å²) in [5.74, 6) is 0.495. The topological polar surface area (TPSA) is 54.8 Å². The number of halogens is 1. The van der Waals surface area contributed by atoms with Gasteiger partial charge >= 0.3 is 0 Å². The molecule has 2 fully saturated rings. The third kappa shape index (κ3) is 5.85. The molecular formula is C25H32ClN3O3. The minimum Gasteiger partial charge on any atom is -0.484 e. The van der Waals surface area contributed by atoms with Gasteiger partial charge in [0, 0.05) is 36.0 Å². The summed E-state index contributed by atoms with van der Waals surface area (Å²) in [6.07, 6.45) is 9.34. The average molecular weight is 458 g/mol. The molecule has 0 atom stereocenters. The lowest BCUT2D eigenvalue weighted by atomic mass is 9.94. The van der Waals surface area contributed by atoms with Crippen LogP contribution >= 0.6 is 11.6 Å². The molecule has 7 heteroatoms. The van der Waals surface area contributed by atoms with E-state index in [1.54, 1.807) is 29.2 Å². The predicted octanol–water partition coefficient (Wildman–Crippen LogP) is 4.41. The maximum absolute atomic E-state index is 13.4. The number of rotatable bonds is 9. The smallest absolute Gasteiger partial charge is 0.261 e. The first kappa shape index (κ1) is 22.7. The van der Waals surface area contributed by atoms with Gasteiger partial charge in [-0.15, -0.1) is 0 Å². The Morgan fingerprint density at radius 2 is 1.66 bits per heavy atom. The second-order valence-corrected chi connectivity index (χ2v) is 9.36. The zero-order chi connectivity index (χ0) is 22.5. The molecule has 2 aromatic rings. The van der Waals surface area contributed by atoms with Crippen LogP contribution in [0.4, 0.5) is 0 Å². The number of benzene rings is 1. The fourth-order valence-corrected chi connectivity index (χ4v) is 4.58. The molecule has 0 spiro atoms. The number of hydrogen-bond acceptors (Lipinski definition) is 3. The summed E-state index contributed by atoms with van der Waals surface area (Å²) < 4.78 is 7.77. The van der Waals surface area contributed by atoms with Gasteiger partial charge in [-0.25, -0.2) is 0 Å². The second kappa shape index (κ2) is 10.4. The molecule has 0 unspecified atom stereocenters. The average Bonchev–Trinajstić information content (AvgIpc) is 3.57. The van der Waals surface area contributed by atoms with Crippen LogP contribution in [-0.2, 0) is 23.2 Å². The predicted molar refractivity (Wildman–Crippen MR) is 125 cm³/mol. The number of nitrogens with zero attached hydrogens (tertiary/aromatic N) is 3. The highest BCUT2D eigenvalue weighted by atomic mass is 35.5. The van der Waals surface area contributed by atoms with Crippen molar-refractivity contribution in [1.82, 2.24) is 14.4 Å². The Balaban J connectivity index is 1.44. The van der Waals surface area contributed by atoms with Crippen LogP contribution < -0.4 is 4.74 Å². The Morgan fingerprint density at radius 1 is 0.969 bits per heavy atom. The molecule has 2 aliphatic rings. The van der Waals surface area contributed by atoms with Gasteiger partial charge in [0.25, 0.3) is 5.91 Å². The third-order valence-electron chi connectivity index (χ3n) is 6.51. The highest BCUT2D eigenvalue weighted by Crippen LogP contribution is 2.29. The molecule has 1 aromatic carbocycles. The van der Waals surface area contributed by atoms with Gasteiger partial charge in [0.2, 0.25) is 5.91 Å². The molecule has 0 aliphatic heterocycles. The van der Waals surface area contributed by atoms with Crippen molar-refractivity contribution in [2.75, 3.05) is 13.2 Å². The first-order valence-electron chi connectivity index (χ1n) is 11.6. The Bertz CT molecular complexity index is 917. The summed E-state index contributed by atoms with van der Waals surface area (Å²) in [6.45, 7) is 0.627. The van der Waals surface area contributed by atoms with Crippen LogP contribution in [0.2, 0.25) is 5.02 Å². The number of aryl methyl sites for hydroxylation is 1. The van der Waals surface area contributed by atoms with Crippen molar-refractivity contribution in [1.29, 1.82) is 0 Å². The van der Waals surface area contributed by atoms with Crippen LogP contribution in [0.5, 0.6) is 5.75 Å². The Hall–Kier alpha value is -2.47. The highest BCUT2D eigenvalue weighted by molar-refractivity contribution is 6.30. The zero-order valence-electron chi connectivity index (χ0n) is 18.7. The van der Waals surface area contributed by atoms with Crippen molar-refractivity contribution < 1.29 is 14.3 Å². The molecule has 6 nitrogen and oxygen atoms in total. The highest BCUT2D eigenvalue weighted by Gasteiger charge is 2.35. The largest absolute Gasteiger partial charge is 0.484 e. The van der Waals surface area contributed by atoms with Crippen molar-refractivity contribution in [3.63, 3.8) is 0 Å². The fourth-order valence-electron chi connectivity index (χ4n) is 4.45. The van der Waals surface area contributed by atoms with E-state index >= 15 is 0 Å². The van der Waals surface area contributed by atoms with E-state index in [1.807, 2.05) is 34.8 Å². The monoisotopic (exact) mass is 457 g/mol. The number of hydrogen-bond donors (Lipinski definition) is 0. The van der Waals surface area contributed by atoms with Crippen molar-refractivity contribution in [3.8, 4) is 5.75 Å². The van der Waals surface area contributed by atoms with Crippen LogP contribution in [0, 0.1) is 0 Å². The summed E-state index contributed by atoms with van der Waals surface area (Å²) in [5, 5.41) is 0.622. The van der Waals surface area contributed by atoms with E-state index in [1.165, 1.54) is 6.42 Å². The van der Waals surface area contributed by atoms with E-state index in [0.29, 0.717) is 17.3 Å². The fraction of sp³-hybridized carbons (Fsp3) is 0.520. The minimum absolute atomic E-state index is 0.0270. The molecule has 0 bridgehead atoms. The van der Waals surface area contributed by atoms with Crippen molar-refractivity contribution >= 4 is 23.4 Å². The van der Waals surface area contributed by atoms with Crippen molar-refractivity contribution in [2.45, 2.75) is 63.6 Å². The van der Waals surface area contributed by atoms with E-state index in [0.717, 1.165) is 44.2 Å². The molecule has 0 N–H and O–H groups in total. The van der Waals surface area contributed by atoms with E-state index in [4.69, 9.17) is 16.3 Å². The normalized spacial score (nSPS) is 16.6. The van der Waals surface area contributed by atoms with E-state index in [9.17, 15) is 9.59 Å². The van der Waals surface area contributed by atoms with Crippen LogP contribution in [0.3, 0.4) is 0 Å². The van der Waals surface area contributed by atoms with Gasteiger partial charge in [-0.05, 0) is 62.1 Å². The maximum Gasteiger partial charge on any atom is 0.261 e. The summed E-state index contributed by atoms with van der Waals surface area (Å²) in [6, 6.07) is 11.4. The van der Waals surface area contributed by atoms with Gasteiger partial charge in [0.1, 0.15) is 12.3 Å². The quantitative estimate of drug-likeness (QED) is 0.560. The van der Waals surface area contributed by atoms with Crippen LogP contribution in [0.15, 0.2) is 42.6 Å². The lowest BCUT2D eigenvalue weighted by Crippen LogP contribution is -2.50. The Labute approximate surface area is 195 Å². The molecule has 2 amide bonds. The van der Waals surface area contributed by atoms with Gasteiger partial charge in [-0.3, -0.25) is 9.59 Å². The lowest BCUT2D eigenvalue weighted by Gasteiger charge is -2.35. The maximum atomic E-state index is 13.4. The first-order chi connectivity index (χ1) is 15.5. The summed E-state index contributed by atoms with van der Waals surface area (Å²) in [5.41, 5.74) is 1.10. The molecule has 2 aliphatic carbocycles. The first-order valence-corrected chi connectivity index (χ1v) is 12.0. The summed E-state index contributed by atoms with van der Waals surface area (Å²) >= 11 is 5.93. The molecule has 2 saturated carbocycles.